The molecule has 1 nitrogen and oxygen atoms in total. The zero-order valence-electron chi connectivity index (χ0n) is 8.79. The number of benzene rings is 2. The maximum absolute atomic E-state index is 13.5. The van der Waals surface area contributed by atoms with Crippen molar-refractivity contribution in [2.45, 2.75) is 0 Å². The summed E-state index contributed by atoms with van der Waals surface area (Å²) in [5, 5.41) is 0. The van der Waals surface area contributed by atoms with Gasteiger partial charge >= 0.3 is 0 Å². The first-order valence-corrected chi connectivity index (χ1v) is 4.95. The number of rotatable bonds is 3. The van der Waals surface area contributed by atoms with E-state index in [-0.39, 0.29) is 5.56 Å². The van der Waals surface area contributed by atoms with Crippen LogP contribution in [-0.2, 0) is 0 Å². The van der Waals surface area contributed by atoms with Crippen molar-refractivity contribution in [3.63, 3.8) is 0 Å². The van der Waals surface area contributed by atoms with Crippen LogP contribution in [0.3, 0.4) is 0 Å². The van der Waals surface area contributed by atoms with Crippen LogP contribution in [-0.4, -0.2) is 6.86 Å². The van der Waals surface area contributed by atoms with Crippen molar-refractivity contribution in [1.82, 2.24) is 0 Å². The molecule has 0 saturated carbocycles. The van der Waals surface area contributed by atoms with Gasteiger partial charge in [-0.05, 0) is 29.8 Å². The largest absolute Gasteiger partial charge is 0.463 e. The highest BCUT2D eigenvalue weighted by Gasteiger charge is 2.06. The molecule has 0 spiro atoms. The van der Waals surface area contributed by atoms with Gasteiger partial charge in [0.15, 0.2) is 0 Å². The molecule has 0 aliphatic heterocycles. The molecule has 0 unspecified atom stereocenters. The van der Waals surface area contributed by atoms with Crippen LogP contribution in [0.1, 0.15) is 0 Å². The Morgan fingerprint density at radius 2 is 1.65 bits per heavy atom. The molecule has 0 saturated heterocycles. The average Bonchev–Trinajstić information content (AvgIpc) is 2.31. The highest BCUT2D eigenvalue weighted by Crippen LogP contribution is 2.25. The molecule has 0 aliphatic rings. The zero-order valence-corrected chi connectivity index (χ0v) is 8.79. The van der Waals surface area contributed by atoms with Crippen LogP contribution in [0.15, 0.2) is 42.5 Å². The lowest BCUT2D eigenvalue weighted by Gasteiger charge is -2.05. The monoisotopic (exact) mass is 238 g/mol. The second kappa shape index (κ2) is 4.91. The van der Waals surface area contributed by atoms with Crippen molar-refractivity contribution in [1.29, 1.82) is 0 Å². The predicted molar refractivity (Wildman–Crippen MR) is 58.4 cm³/mol. The van der Waals surface area contributed by atoms with Crippen molar-refractivity contribution >= 4 is 0 Å². The van der Waals surface area contributed by atoms with Crippen LogP contribution in [0.4, 0.5) is 13.2 Å². The van der Waals surface area contributed by atoms with E-state index < -0.39 is 18.5 Å². The molecule has 2 aromatic rings. The summed E-state index contributed by atoms with van der Waals surface area (Å²) < 4.78 is 42.7. The summed E-state index contributed by atoms with van der Waals surface area (Å²) >= 11 is 0. The summed E-state index contributed by atoms with van der Waals surface area (Å²) in [5.41, 5.74) is 0.868. The fourth-order valence-electron chi connectivity index (χ4n) is 1.52. The van der Waals surface area contributed by atoms with Crippen molar-refractivity contribution < 1.29 is 17.9 Å². The summed E-state index contributed by atoms with van der Waals surface area (Å²) in [7, 11) is 0. The average molecular weight is 238 g/mol. The fraction of sp³-hybridized carbons (Fsp3) is 0.0769. The highest BCUT2D eigenvalue weighted by molar-refractivity contribution is 5.64. The van der Waals surface area contributed by atoms with Gasteiger partial charge in [-0.2, -0.15) is 0 Å². The Hall–Kier alpha value is -1.97. The van der Waals surface area contributed by atoms with E-state index in [0.717, 1.165) is 6.07 Å². The number of halogens is 3. The molecule has 88 valence electrons. The number of hydrogen-bond donors (Lipinski definition) is 0. The number of hydrogen-bond acceptors (Lipinski definition) is 1. The molecule has 0 atom stereocenters. The quantitative estimate of drug-likeness (QED) is 0.787. The molecule has 0 fully saturated rings. The summed E-state index contributed by atoms with van der Waals surface area (Å²) in [5.74, 6) is -0.897. The van der Waals surface area contributed by atoms with E-state index in [1.54, 1.807) is 12.1 Å². The Bertz CT molecular complexity index is 509. The molecule has 2 rings (SSSR count). The van der Waals surface area contributed by atoms with Crippen molar-refractivity contribution in [3.05, 3.63) is 54.1 Å². The highest BCUT2D eigenvalue weighted by atomic mass is 19.1. The van der Waals surface area contributed by atoms with Crippen molar-refractivity contribution in [2.75, 3.05) is 6.86 Å². The van der Waals surface area contributed by atoms with Gasteiger partial charge in [0, 0.05) is 11.6 Å². The van der Waals surface area contributed by atoms with Crippen LogP contribution < -0.4 is 4.74 Å². The maximum Gasteiger partial charge on any atom is 0.228 e. The Morgan fingerprint density at radius 3 is 2.24 bits per heavy atom. The van der Waals surface area contributed by atoms with E-state index >= 15 is 0 Å². The van der Waals surface area contributed by atoms with Gasteiger partial charge in [0.25, 0.3) is 0 Å². The van der Waals surface area contributed by atoms with Gasteiger partial charge in [-0.3, -0.25) is 0 Å². The number of alkyl halides is 1. The van der Waals surface area contributed by atoms with Gasteiger partial charge < -0.3 is 4.74 Å². The molecule has 17 heavy (non-hydrogen) atoms. The summed E-state index contributed by atoms with van der Waals surface area (Å²) in [4.78, 5) is 0. The summed E-state index contributed by atoms with van der Waals surface area (Å²) in [6.07, 6.45) is 0. The normalized spacial score (nSPS) is 10.3. The van der Waals surface area contributed by atoms with Crippen molar-refractivity contribution in [2.24, 2.45) is 0 Å². The van der Waals surface area contributed by atoms with E-state index in [4.69, 9.17) is 0 Å². The predicted octanol–water partition coefficient (Wildman–Crippen LogP) is 3.94. The zero-order chi connectivity index (χ0) is 12.3. The minimum atomic E-state index is -0.912. The third-order valence-corrected chi connectivity index (χ3v) is 2.32. The van der Waals surface area contributed by atoms with Crippen molar-refractivity contribution in [3.8, 4) is 16.9 Å². The number of ether oxygens (including phenoxy) is 1. The Labute approximate surface area is 96.5 Å². The Morgan fingerprint density at radius 1 is 0.941 bits per heavy atom. The van der Waals surface area contributed by atoms with E-state index in [9.17, 15) is 13.2 Å². The molecule has 0 heterocycles. The molecule has 4 heteroatoms. The molecule has 0 bridgehead atoms. The van der Waals surface area contributed by atoms with Gasteiger partial charge in [-0.15, -0.1) is 0 Å². The Kier molecular flexibility index (Phi) is 3.32. The van der Waals surface area contributed by atoms with Gasteiger partial charge in [0.2, 0.25) is 6.86 Å². The standard InChI is InChI=1S/C13H9F3O/c14-8-17-11-4-1-9(2-5-11)12-6-3-10(15)7-13(12)16/h1-7H,8H2. The molecule has 0 amide bonds. The topological polar surface area (TPSA) is 9.23 Å². The van der Waals surface area contributed by atoms with E-state index in [1.807, 2.05) is 0 Å². The molecule has 0 aromatic heterocycles. The molecule has 0 aliphatic carbocycles. The Balaban J connectivity index is 2.33. The van der Waals surface area contributed by atoms with Crippen LogP contribution >= 0.6 is 0 Å². The van der Waals surface area contributed by atoms with Crippen LogP contribution in [0.5, 0.6) is 5.75 Å². The van der Waals surface area contributed by atoms with E-state index in [0.29, 0.717) is 11.3 Å². The first kappa shape index (κ1) is 11.5. The second-order valence-electron chi connectivity index (χ2n) is 3.40. The minimum absolute atomic E-state index is 0.290. The first-order valence-electron chi connectivity index (χ1n) is 4.95. The third kappa shape index (κ3) is 2.58. The molecule has 2 aromatic carbocycles. The minimum Gasteiger partial charge on any atom is -0.463 e. The molecule has 0 N–H and O–H groups in total. The summed E-state index contributed by atoms with van der Waals surface area (Å²) in [6, 6.07) is 9.58. The lowest BCUT2D eigenvalue weighted by molar-refractivity contribution is 0.192. The lowest BCUT2D eigenvalue weighted by Crippen LogP contribution is -1.90. The van der Waals surface area contributed by atoms with Crippen LogP contribution in [0.25, 0.3) is 11.1 Å². The van der Waals surface area contributed by atoms with Gasteiger partial charge in [-0.25, -0.2) is 13.2 Å². The van der Waals surface area contributed by atoms with E-state index in [2.05, 4.69) is 4.74 Å². The van der Waals surface area contributed by atoms with Gasteiger partial charge in [0.1, 0.15) is 17.4 Å². The maximum atomic E-state index is 13.5. The second-order valence-corrected chi connectivity index (χ2v) is 3.40. The smallest absolute Gasteiger partial charge is 0.228 e. The molecular formula is C13H9F3O. The van der Waals surface area contributed by atoms with E-state index in [1.165, 1.54) is 24.3 Å². The molecular weight excluding hydrogens is 229 g/mol. The molecule has 0 radical (unpaired) electrons. The SMILES string of the molecule is FCOc1ccc(-c2ccc(F)cc2F)cc1. The first-order chi connectivity index (χ1) is 8.20. The van der Waals surface area contributed by atoms with Gasteiger partial charge in [-0.1, -0.05) is 12.1 Å². The third-order valence-electron chi connectivity index (χ3n) is 2.32. The van der Waals surface area contributed by atoms with Crippen LogP contribution in [0.2, 0.25) is 0 Å². The van der Waals surface area contributed by atoms with Gasteiger partial charge in [0.05, 0.1) is 0 Å². The lowest BCUT2D eigenvalue weighted by atomic mass is 10.1. The van der Waals surface area contributed by atoms with Crippen LogP contribution in [0, 0.1) is 11.6 Å². The summed E-state index contributed by atoms with van der Waals surface area (Å²) in [6.45, 7) is -0.912. The fourth-order valence-corrected chi connectivity index (χ4v) is 1.52.